The minimum absolute atomic E-state index is 0.716. The molecule has 0 saturated carbocycles. The Kier molecular flexibility index (Phi) is 2.69. The molecule has 0 N–H and O–H groups in total. The van der Waals surface area contributed by atoms with Gasteiger partial charge in [0, 0.05) is 10.9 Å². The Balaban J connectivity index is 1.94. The summed E-state index contributed by atoms with van der Waals surface area (Å²) in [7, 11) is 0. The van der Waals surface area contributed by atoms with Gasteiger partial charge in [0.05, 0.1) is 0 Å². The van der Waals surface area contributed by atoms with E-state index >= 15 is 0 Å². The minimum Gasteiger partial charge on any atom is -0.440 e. The average Bonchev–Trinajstić information content (AvgIpc) is 2.71. The molecule has 0 unspecified atom stereocenters. The number of oxazole rings is 1. The fourth-order valence-electron chi connectivity index (χ4n) is 1.82. The second-order valence-corrected chi connectivity index (χ2v) is 4.80. The topological polar surface area (TPSA) is 26.0 Å². The van der Waals surface area contributed by atoms with Crippen LogP contribution in [0.4, 0.5) is 0 Å². The fraction of sp³-hybridized carbons (Fsp3) is 0.0714. The van der Waals surface area contributed by atoms with Gasteiger partial charge in [-0.15, -0.1) is 0 Å². The van der Waals surface area contributed by atoms with Crippen molar-refractivity contribution in [2.75, 3.05) is 0 Å². The summed E-state index contributed by atoms with van der Waals surface area (Å²) < 4.78 is 6.76. The van der Waals surface area contributed by atoms with E-state index in [4.69, 9.17) is 4.42 Å². The Labute approximate surface area is 107 Å². The molecule has 3 rings (SSSR count). The van der Waals surface area contributed by atoms with Crippen molar-refractivity contribution in [2.24, 2.45) is 0 Å². The normalized spacial score (nSPS) is 10.9. The lowest BCUT2D eigenvalue weighted by Gasteiger charge is -1.97. The van der Waals surface area contributed by atoms with Crippen molar-refractivity contribution in [3.8, 4) is 0 Å². The standard InChI is InChI=1S/C14H10BrNO/c15-11-5-3-4-10(8-11)9-14-16-12-6-1-2-7-13(12)17-14/h1-8H,9H2. The van der Waals surface area contributed by atoms with Crippen molar-refractivity contribution in [1.29, 1.82) is 0 Å². The summed E-state index contributed by atoms with van der Waals surface area (Å²) in [4.78, 5) is 4.46. The molecule has 0 bridgehead atoms. The van der Waals surface area contributed by atoms with Gasteiger partial charge in [-0.1, -0.05) is 40.2 Å². The van der Waals surface area contributed by atoms with Gasteiger partial charge in [-0.05, 0) is 29.8 Å². The Bertz CT molecular complexity index is 627. The highest BCUT2D eigenvalue weighted by atomic mass is 79.9. The number of rotatable bonds is 2. The van der Waals surface area contributed by atoms with E-state index in [2.05, 4.69) is 33.0 Å². The molecule has 0 spiro atoms. The Morgan fingerprint density at radius 1 is 1.06 bits per heavy atom. The number of hydrogen-bond donors (Lipinski definition) is 0. The second-order valence-electron chi connectivity index (χ2n) is 3.88. The Morgan fingerprint density at radius 2 is 1.94 bits per heavy atom. The van der Waals surface area contributed by atoms with Crippen LogP contribution in [0.25, 0.3) is 11.1 Å². The minimum atomic E-state index is 0.716. The molecule has 1 aromatic heterocycles. The number of para-hydroxylation sites is 2. The van der Waals surface area contributed by atoms with Crippen molar-refractivity contribution >= 4 is 27.0 Å². The number of halogens is 1. The first-order valence-corrected chi connectivity index (χ1v) is 6.19. The number of fused-ring (bicyclic) bond motifs is 1. The maximum atomic E-state index is 5.69. The van der Waals surface area contributed by atoms with Crippen LogP contribution < -0.4 is 0 Å². The van der Waals surface area contributed by atoms with Crippen LogP contribution in [0.15, 0.2) is 57.4 Å². The van der Waals surface area contributed by atoms with E-state index in [1.54, 1.807) is 0 Å². The van der Waals surface area contributed by atoms with Crippen molar-refractivity contribution in [2.45, 2.75) is 6.42 Å². The second kappa shape index (κ2) is 4.34. The van der Waals surface area contributed by atoms with Crippen LogP contribution >= 0.6 is 15.9 Å². The molecule has 2 nitrogen and oxygen atoms in total. The van der Waals surface area contributed by atoms with Crippen molar-refractivity contribution in [3.63, 3.8) is 0 Å². The van der Waals surface area contributed by atoms with E-state index in [-0.39, 0.29) is 0 Å². The summed E-state index contributed by atoms with van der Waals surface area (Å²) in [6.45, 7) is 0. The molecular formula is C14H10BrNO. The van der Waals surface area contributed by atoms with Gasteiger partial charge in [-0.3, -0.25) is 0 Å². The smallest absolute Gasteiger partial charge is 0.199 e. The first kappa shape index (κ1) is 10.5. The third-order valence-electron chi connectivity index (χ3n) is 2.58. The van der Waals surface area contributed by atoms with Crippen LogP contribution in [0.3, 0.4) is 0 Å². The maximum absolute atomic E-state index is 5.69. The van der Waals surface area contributed by atoms with Crippen molar-refractivity contribution < 1.29 is 4.42 Å². The Hall–Kier alpha value is -1.61. The SMILES string of the molecule is Brc1cccc(Cc2nc3ccccc3o2)c1. The summed E-state index contributed by atoms with van der Waals surface area (Å²) >= 11 is 3.46. The number of benzene rings is 2. The van der Waals surface area contributed by atoms with E-state index in [9.17, 15) is 0 Å². The molecule has 3 heteroatoms. The summed E-state index contributed by atoms with van der Waals surface area (Å²) in [5.74, 6) is 0.754. The van der Waals surface area contributed by atoms with Gasteiger partial charge in [0.25, 0.3) is 0 Å². The summed E-state index contributed by atoms with van der Waals surface area (Å²) in [6.07, 6.45) is 0.716. The third-order valence-corrected chi connectivity index (χ3v) is 3.08. The molecule has 1 heterocycles. The van der Waals surface area contributed by atoms with Gasteiger partial charge in [-0.25, -0.2) is 4.98 Å². The van der Waals surface area contributed by atoms with Crippen LogP contribution in [0, 0.1) is 0 Å². The molecule has 0 fully saturated rings. The van der Waals surface area contributed by atoms with Crippen LogP contribution in [0.2, 0.25) is 0 Å². The van der Waals surface area contributed by atoms with Crippen LogP contribution in [-0.2, 0) is 6.42 Å². The molecule has 3 aromatic rings. The van der Waals surface area contributed by atoms with Gasteiger partial charge in [0.15, 0.2) is 11.5 Å². The monoisotopic (exact) mass is 287 g/mol. The molecule has 0 aliphatic heterocycles. The van der Waals surface area contributed by atoms with E-state index in [0.717, 1.165) is 21.5 Å². The Morgan fingerprint density at radius 3 is 2.76 bits per heavy atom. The van der Waals surface area contributed by atoms with Crippen molar-refractivity contribution in [3.05, 3.63) is 64.5 Å². The van der Waals surface area contributed by atoms with Crippen molar-refractivity contribution in [1.82, 2.24) is 4.98 Å². The quantitative estimate of drug-likeness (QED) is 0.707. The number of aromatic nitrogens is 1. The van der Waals surface area contributed by atoms with Crippen LogP contribution in [0.5, 0.6) is 0 Å². The molecule has 84 valence electrons. The average molecular weight is 288 g/mol. The first-order valence-electron chi connectivity index (χ1n) is 5.40. The molecule has 0 amide bonds. The van der Waals surface area contributed by atoms with Gasteiger partial charge < -0.3 is 4.42 Å². The molecule has 0 aliphatic rings. The zero-order valence-electron chi connectivity index (χ0n) is 9.06. The first-order chi connectivity index (χ1) is 8.31. The van der Waals surface area contributed by atoms with Gasteiger partial charge in [0.2, 0.25) is 0 Å². The highest BCUT2D eigenvalue weighted by Gasteiger charge is 2.05. The summed E-state index contributed by atoms with van der Waals surface area (Å²) in [5, 5.41) is 0. The van der Waals surface area contributed by atoms with Crippen LogP contribution in [-0.4, -0.2) is 4.98 Å². The lowest BCUT2D eigenvalue weighted by atomic mass is 10.1. The molecule has 0 saturated heterocycles. The van der Waals surface area contributed by atoms with Gasteiger partial charge >= 0.3 is 0 Å². The van der Waals surface area contributed by atoms with E-state index in [1.165, 1.54) is 5.56 Å². The van der Waals surface area contributed by atoms with E-state index in [1.807, 2.05) is 36.4 Å². The summed E-state index contributed by atoms with van der Waals surface area (Å²) in [6, 6.07) is 16.0. The third kappa shape index (κ3) is 2.24. The lowest BCUT2D eigenvalue weighted by Crippen LogP contribution is -1.87. The number of nitrogens with zero attached hydrogens (tertiary/aromatic N) is 1. The highest BCUT2D eigenvalue weighted by Crippen LogP contribution is 2.19. The van der Waals surface area contributed by atoms with E-state index < -0.39 is 0 Å². The summed E-state index contributed by atoms with van der Waals surface area (Å²) in [5.41, 5.74) is 2.95. The van der Waals surface area contributed by atoms with Crippen LogP contribution in [0.1, 0.15) is 11.5 Å². The molecule has 0 aliphatic carbocycles. The number of hydrogen-bond acceptors (Lipinski definition) is 2. The molecule has 0 radical (unpaired) electrons. The zero-order valence-corrected chi connectivity index (χ0v) is 10.6. The molecule has 2 aromatic carbocycles. The molecular weight excluding hydrogens is 278 g/mol. The fourth-order valence-corrected chi connectivity index (χ4v) is 2.26. The molecule has 0 atom stereocenters. The maximum Gasteiger partial charge on any atom is 0.199 e. The largest absolute Gasteiger partial charge is 0.440 e. The zero-order chi connectivity index (χ0) is 11.7. The predicted molar refractivity (Wildman–Crippen MR) is 71.0 cm³/mol. The predicted octanol–water partition coefficient (Wildman–Crippen LogP) is 4.18. The van der Waals surface area contributed by atoms with Gasteiger partial charge in [0.1, 0.15) is 5.52 Å². The molecule has 17 heavy (non-hydrogen) atoms. The highest BCUT2D eigenvalue weighted by molar-refractivity contribution is 9.10. The lowest BCUT2D eigenvalue weighted by molar-refractivity contribution is 0.544. The van der Waals surface area contributed by atoms with E-state index in [0.29, 0.717) is 6.42 Å². The van der Waals surface area contributed by atoms with Gasteiger partial charge in [-0.2, -0.15) is 0 Å².